The molecule has 1 aromatic carbocycles. The summed E-state index contributed by atoms with van der Waals surface area (Å²) in [6, 6.07) is 9.05. The van der Waals surface area contributed by atoms with E-state index in [1.807, 2.05) is 18.2 Å². The van der Waals surface area contributed by atoms with Crippen molar-refractivity contribution >= 4 is 5.97 Å². The van der Waals surface area contributed by atoms with Crippen molar-refractivity contribution in [2.24, 2.45) is 0 Å². The highest BCUT2D eigenvalue weighted by Gasteiger charge is 2.03. The third kappa shape index (κ3) is 9.57. The van der Waals surface area contributed by atoms with Gasteiger partial charge in [-0.05, 0) is 32.4 Å². The largest absolute Gasteiger partial charge is 0.462 e. The van der Waals surface area contributed by atoms with Gasteiger partial charge in [-0.3, -0.25) is 0 Å². The molecule has 0 aliphatic rings. The zero-order valence-electron chi connectivity index (χ0n) is 10.8. The van der Waals surface area contributed by atoms with Crippen molar-refractivity contribution < 1.29 is 14.6 Å². The third-order valence-corrected chi connectivity index (χ3v) is 1.74. The Morgan fingerprint density at radius 3 is 2.29 bits per heavy atom. The molecule has 0 atom stereocenters. The highest BCUT2D eigenvalue weighted by molar-refractivity contribution is 5.89. The lowest BCUT2D eigenvalue weighted by molar-refractivity contribution is 0.0499. The molecule has 0 heterocycles. The van der Waals surface area contributed by atoms with Crippen molar-refractivity contribution in [1.29, 1.82) is 0 Å². The van der Waals surface area contributed by atoms with E-state index in [1.165, 1.54) is 0 Å². The second-order valence-electron chi connectivity index (χ2n) is 3.95. The van der Waals surface area contributed by atoms with E-state index in [2.05, 4.69) is 6.92 Å². The fourth-order valence-electron chi connectivity index (χ4n) is 0.967. The fourth-order valence-corrected chi connectivity index (χ4v) is 0.967. The first-order valence-corrected chi connectivity index (χ1v) is 5.98. The van der Waals surface area contributed by atoms with Gasteiger partial charge in [0.25, 0.3) is 0 Å². The number of esters is 1. The lowest BCUT2D eigenvalue weighted by Gasteiger charge is -2.02. The number of hydrogen-bond acceptors (Lipinski definition) is 3. The number of ether oxygens (including phenoxy) is 1. The van der Waals surface area contributed by atoms with Crippen molar-refractivity contribution in [3.05, 3.63) is 35.9 Å². The molecule has 96 valence electrons. The Bertz CT molecular complexity index is 291. The van der Waals surface area contributed by atoms with Crippen molar-refractivity contribution in [2.45, 2.75) is 39.7 Å². The quantitative estimate of drug-likeness (QED) is 0.648. The number of carbonyl (C=O) groups is 1. The van der Waals surface area contributed by atoms with E-state index in [0.29, 0.717) is 12.2 Å². The average molecular weight is 238 g/mol. The van der Waals surface area contributed by atoms with Gasteiger partial charge in [0, 0.05) is 6.10 Å². The van der Waals surface area contributed by atoms with E-state index in [9.17, 15) is 4.79 Å². The maximum Gasteiger partial charge on any atom is 0.338 e. The van der Waals surface area contributed by atoms with Gasteiger partial charge in [-0.25, -0.2) is 4.79 Å². The maximum absolute atomic E-state index is 11.3. The Labute approximate surface area is 103 Å². The van der Waals surface area contributed by atoms with Gasteiger partial charge in [0.1, 0.15) is 0 Å². The lowest BCUT2D eigenvalue weighted by atomic mass is 10.2. The second-order valence-corrected chi connectivity index (χ2v) is 3.95. The molecule has 17 heavy (non-hydrogen) atoms. The molecule has 0 aliphatic heterocycles. The predicted molar refractivity (Wildman–Crippen MR) is 69.0 cm³/mol. The summed E-state index contributed by atoms with van der Waals surface area (Å²) >= 11 is 0. The number of aliphatic hydroxyl groups excluding tert-OH is 1. The van der Waals surface area contributed by atoms with Gasteiger partial charge < -0.3 is 9.84 Å². The molecule has 0 saturated heterocycles. The Morgan fingerprint density at radius 2 is 1.82 bits per heavy atom. The van der Waals surface area contributed by atoms with E-state index in [0.717, 1.165) is 12.8 Å². The molecule has 3 heteroatoms. The van der Waals surface area contributed by atoms with Crippen LogP contribution in [-0.2, 0) is 4.74 Å². The highest BCUT2D eigenvalue weighted by atomic mass is 16.5. The predicted octanol–water partition coefficient (Wildman–Crippen LogP) is 3.03. The van der Waals surface area contributed by atoms with Gasteiger partial charge in [-0.1, -0.05) is 31.5 Å². The van der Waals surface area contributed by atoms with Crippen LogP contribution in [0.4, 0.5) is 0 Å². The van der Waals surface area contributed by atoms with Crippen LogP contribution in [0, 0.1) is 0 Å². The molecular formula is C14H22O3. The van der Waals surface area contributed by atoms with Crippen LogP contribution in [0.2, 0.25) is 0 Å². The Hall–Kier alpha value is -1.35. The summed E-state index contributed by atoms with van der Waals surface area (Å²) in [5.74, 6) is -0.228. The van der Waals surface area contributed by atoms with Crippen LogP contribution in [0.25, 0.3) is 0 Å². The average Bonchev–Trinajstić information content (AvgIpc) is 2.30. The summed E-state index contributed by atoms with van der Waals surface area (Å²) in [5.41, 5.74) is 0.624. The molecule has 3 nitrogen and oxygen atoms in total. The highest BCUT2D eigenvalue weighted by Crippen LogP contribution is 2.01. The van der Waals surface area contributed by atoms with Gasteiger partial charge in [-0.15, -0.1) is 0 Å². The first-order chi connectivity index (χ1) is 8.07. The van der Waals surface area contributed by atoms with Crippen LogP contribution >= 0.6 is 0 Å². The second kappa shape index (κ2) is 9.85. The molecule has 0 radical (unpaired) electrons. The SMILES string of the molecule is CC(C)O.CCCCOC(=O)c1ccccc1. The minimum atomic E-state index is -0.228. The van der Waals surface area contributed by atoms with Crippen molar-refractivity contribution in [3.63, 3.8) is 0 Å². The first kappa shape index (κ1) is 15.7. The molecule has 0 spiro atoms. The van der Waals surface area contributed by atoms with E-state index in [-0.39, 0.29) is 12.1 Å². The standard InChI is InChI=1S/C11H14O2.C3H8O/c1-2-3-9-13-11(12)10-7-5-4-6-8-10;1-3(2)4/h4-8H,2-3,9H2,1H3;3-4H,1-2H3. The topological polar surface area (TPSA) is 46.5 Å². The summed E-state index contributed by atoms with van der Waals surface area (Å²) in [7, 11) is 0. The molecule has 0 saturated carbocycles. The van der Waals surface area contributed by atoms with Crippen LogP contribution in [0.15, 0.2) is 30.3 Å². The summed E-state index contributed by atoms with van der Waals surface area (Å²) in [4.78, 5) is 11.3. The summed E-state index contributed by atoms with van der Waals surface area (Å²) < 4.78 is 5.03. The number of benzene rings is 1. The molecule has 0 aliphatic carbocycles. The molecule has 0 aromatic heterocycles. The third-order valence-electron chi connectivity index (χ3n) is 1.74. The maximum atomic E-state index is 11.3. The van der Waals surface area contributed by atoms with Crippen LogP contribution in [-0.4, -0.2) is 23.8 Å². The van der Waals surface area contributed by atoms with Gasteiger partial charge in [0.05, 0.1) is 12.2 Å². The molecule has 0 amide bonds. The van der Waals surface area contributed by atoms with E-state index >= 15 is 0 Å². The number of unbranched alkanes of at least 4 members (excludes halogenated alkanes) is 1. The van der Waals surface area contributed by atoms with Crippen molar-refractivity contribution in [2.75, 3.05) is 6.61 Å². The first-order valence-electron chi connectivity index (χ1n) is 5.98. The van der Waals surface area contributed by atoms with Gasteiger partial charge in [0.2, 0.25) is 0 Å². The number of carbonyl (C=O) groups excluding carboxylic acids is 1. The molecule has 0 fully saturated rings. The van der Waals surface area contributed by atoms with Crippen molar-refractivity contribution in [1.82, 2.24) is 0 Å². The van der Waals surface area contributed by atoms with Crippen LogP contribution in [0.5, 0.6) is 0 Å². The van der Waals surface area contributed by atoms with Gasteiger partial charge in [-0.2, -0.15) is 0 Å². The zero-order chi connectivity index (χ0) is 13.1. The van der Waals surface area contributed by atoms with E-state index in [4.69, 9.17) is 9.84 Å². The number of rotatable bonds is 4. The number of aliphatic hydroxyl groups is 1. The lowest BCUT2D eigenvalue weighted by Crippen LogP contribution is -2.05. The van der Waals surface area contributed by atoms with Crippen molar-refractivity contribution in [3.8, 4) is 0 Å². The normalized spacial score (nSPS) is 9.47. The molecule has 0 bridgehead atoms. The smallest absolute Gasteiger partial charge is 0.338 e. The Kier molecular flexibility index (Phi) is 9.06. The van der Waals surface area contributed by atoms with E-state index in [1.54, 1.807) is 26.0 Å². The van der Waals surface area contributed by atoms with Crippen LogP contribution < -0.4 is 0 Å². The molecule has 1 aromatic rings. The molecule has 1 rings (SSSR count). The van der Waals surface area contributed by atoms with Crippen LogP contribution in [0.3, 0.4) is 0 Å². The minimum Gasteiger partial charge on any atom is -0.462 e. The molecule has 0 unspecified atom stereocenters. The Balaban J connectivity index is 0.000000557. The minimum absolute atomic E-state index is 0.167. The van der Waals surface area contributed by atoms with Crippen LogP contribution in [0.1, 0.15) is 44.0 Å². The van der Waals surface area contributed by atoms with E-state index < -0.39 is 0 Å². The zero-order valence-corrected chi connectivity index (χ0v) is 10.8. The summed E-state index contributed by atoms with van der Waals surface area (Å²) in [6.45, 7) is 6.03. The Morgan fingerprint density at radius 1 is 1.29 bits per heavy atom. The molecular weight excluding hydrogens is 216 g/mol. The number of hydrogen-bond donors (Lipinski definition) is 1. The molecule has 1 N–H and O–H groups in total. The summed E-state index contributed by atoms with van der Waals surface area (Å²) in [6.07, 6.45) is 1.81. The summed E-state index contributed by atoms with van der Waals surface area (Å²) in [5, 5.41) is 8.06. The fraction of sp³-hybridized carbons (Fsp3) is 0.500. The van der Waals surface area contributed by atoms with Gasteiger partial charge >= 0.3 is 5.97 Å². The van der Waals surface area contributed by atoms with Gasteiger partial charge in [0.15, 0.2) is 0 Å². The monoisotopic (exact) mass is 238 g/mol.